The van der Waals surface area contributed by atoms with E-state index in [4.69, 9.17) is 4.74 Å². The Hall–Kier alpha value is -6.77. The third kappa shape index (κ3) is 11.8. The number of alkyl carbamates (subject to hydrolysis) is 1. The molecule has 3 heterocycles. The summed E-state index contributed by atoms with van der Waals surface area (Å²) in [4.78, 5) is 78.1. The third-order valence-corrected chi connectivity index (χ3v) is 11.8. The van der Waals surface area contributed by atoms with E-state index in [1.54, 1.807) is 24.5 Å². The van der Waals surface area contributed by atoms with Gasteiger partial charge < -0.3 is 41.0 Å². The average Bonchev–Trinajstić information content (AvgIpc) is 3.69. The number of fused-ring (bicyclic) bond motifs is 1. The van der Waals surface area contributed by atoms with Crippen LogP contribution in [0, 0.1) is 18.8 Å². The van der Waals surface area contributed by atoms with Gasteiger partial charge in [-0.3, -0.25) is 19.4 Å². The van der Waals surface area contributed by atoms with Crippen LogP contribution in [-0.4, -0.2) is 92.2 Å². The number of hydrogen-bond donors (Lipinski definition) is 6. The molecule has 15 nitrogen and oxygen atoms in total. The fourth-order valence-corrected chi connectivity index (χ4v) is 8.29. The normalized spacial score (nSPS) is 17.4. The van der Waals surface area contributed by atoms with Crippen molar-refractivity contribution in [1.82, 2.24) is 35.8 Å². The smallest absolute Gasteiger partial charge is 0.407 e. The number of benzene rings is 3. The fourth-order valence-electron chi connectivity index (χ4n) is 8.29. The lowest BCUT2D eigenvalue weighted by atomic mass is 9.81. The summed E-state index contributed by atoms with van der Waals surface area (Å²) in [6.07, 6.45) is 6.21. The highest BCUT2D eigenvalue weighted by atomic mass is 16.6. The number of aromatic amines is 1. The van der Waals surface area contributed by atoms with Crippen LogP contribution < -0.4 is 21.3 Å². The molecular weight excluding hydrogens is 801 g/mol. The summed E-state index contributed by atoms with van der Waals surface area (Å²) in [6, 6.07) is 21.6. The number of carboxylic acid groups (broad SMARTS) is 1. The first kappa shape index (κ1) is 44.3. The second-order valence-electron chi connectivity index (χ2n) is 17.7. The number of aromatic nitrogens is 3. The van der Waals surface area contributed by atoms with Crippen molar-refractivity contribution in [2.24, 2.45) is 11.8 Å². The molecule has 6 N–H and O–H groups in total. The molecule has 1 atom stereocenters. The molecule has 2 fully saturated rings. The highest BCUT2D eigenvalue weighted by molar-refractivity contribution is 5.99. The lowest BCUT2D eigenvalue weighted by Gasteiger charge is -2.30. The molecule has 330 valence electrons. The minimum atomic E-state index is -0.940. The molecule has 3 aromatic carbocycles. The molecule has 15 heteroatoms. The molecule has 5 aromatic rings. The molecule has 2 aliphatic rings. The maximum absolute atomic E-state index is 14.1. The molecule has 1 aliphatic heterocycles. The van der Waals surface area contributed by atoms with Crippen LogP contribution in [0.4, 0.5) is 15.3 Å². The van der Waals surface area contributed by atoms with Crippen molar-refractivity contribution >= 4 is 46.6 Å². The molecule has 7 rings (SSSR count). The largest absolute Gasteiger partial charge is 0.465 e. The van der Waals surface area contributed by atoms with Gasteiger partial charge in [-0.25, -0.2) is 14.6 Å². The van der Waals surface area contributed by atoms with Gasteiger partial charge in [0.2, 0.25) is 11.8 Å². The van der Waals surface area contributed by atoms with E-state index in [-0.39, 0.29) is 42.0 Å². The van der Waals surface area contributed by atoms with Gasteiger partial charge in [0.15, 0.2) is 0 Å². The molecule has 1 saturated carbocycles. The van der Waals surface area contributed by atoms with Crippen LogP contribution in [0.15, 0.2) is 85.2 Å². The van der Waals surface area contributed by atoms with E-state index in [2.05, 4.69) is 36.2 Å². The van der Waals surface area contributed by atoms with Gasteiger partial charge in [0.05, 0.1) is 11.0 Å². The van der Waals surface area contributed by atoms with Gasteiger partial charge in [-0.15, -0.1) is 0 Å². The lowest BCUT2D eigenvalue weighted by Crippen LogP contribution is -2.48. The number of hydrogen-bond acceptors (Lipinski definition) is 8. The number of anilines is 1. The van der Waals surface area contributed by atoms with E-state index in [9.17, 15) is 29.1 Å². The standard InChI is InChI=1S/C48H56N8O7/c1-29-24-34(44(58)51-36-19-22-56(23-20-36)47(61)62)15-17-38(29)32-11-7-30(8-12-32)25-41(55-43(57)33-13-9-31(10-14-33)27-50-46(60)63-48(2,3)4)45(59)52-37-16-18-39-40(26-37)54-42(53-39)35-6-5-21-49-28-35/h5-8,11-12,15-18,21,24,26,28,31,33,36,41H,9-10,13-14,19-20,22-23,25,27H2,1-4H3,(H,50,60)(H,51,58)(H,52,59)(H,53,54)(H,55,57)(H,61,62)/t31?,33?,41-/m0/s1. The second kappa shape index (κ2) is 19.5. The number of carbonyl (C=O) groups is 5. The summed E-state index contributed by atoms with van der Waals surface area (Å²) in [6.45, 7) is 8.67. The summed E-state index contributed by atoms with van der Waals surface area (Å²) in [7, 11) is 0. The van der Waals surface area contributed by atoms with Crippen molar-refractivity contribution < 1.29 is 33.8 Å². The zero-order chi connectivity index (χ0) is 44.7. The number of nitrogens with zero attached hydrogens (tertiary/aromatic N) is 3. The number of piperidine rings is 1. The number of rotatable bonds is 12. The van der Waals surface area contributed by atoms with Crippen LogP contribution >= 0.6 is 0 Å². The number of pyridine rings is 1. The number of likely N-dealkylation sites (tertiary alicyclic amines) is 1. The Balaban J connectivity index is 1.02. The molecule has 63 heavy (non-hydrogen) atoms. The predicted molar refractivity (Wildman–Crippen MR) is 240 cm³/mol. The van der Waals surface area contributed by atoms with E-state index in [1.165, 1.54) is 4.90 Å². The first-order valence-electron chi connectivity index (χ1n) is 21.6. The van der Waals surface area contributed by atoms with Crippen molar-refractivity contribution in [2.75, 3.05) is 25.0 Å². The topological polar surface area (TPSA) is 208 Å². The zero-order valence-electron chi connectivity index (χ0n) is 36.2. The Morgan fingerprint density at radius 2 is 1.65 bits per heavy atom. The number of carbonyl (C=O) groups excluding carboxylic acids is 4. The Kier molecular flexibility index (Phi) is 13.7. The molecule has 0 spiro atoms. The summed E-state index contributed by atoms with van der Waals surface area (Å²) in [5, 5.41) is 21.3. The van der Waals surface area contributed by atoms with Gasteiger partial charge >= 0.3 is 12.2 Å². The van der Waals surface area contributed by atoms with E-state index in [1.807, 2.05) is 88.4 Å². The van der Waals surface area contributed by atoms with Gasteiger partial charge in [-0.05, 0) is 137 Å². The van der Waals surface area contributed by atoms with E-state index in [0.29, 0.717) is 62.4 Å². The van der Waals surface area contributed by atoms with E-state index < -0.39 is 23.8 Å². The first-order valence-corrected chi connectivity index (χ1v) is 21.6. The maximum Gasteiger partial charge on any atom is 0.407 e. The lowest BCUT2D eigenvalue weighted by molar-refractivity contribution is -0.130. The Morgan fingerprint density at radius 3 is 2.32 bits per heavy atom. The van der Waals surface area contributed by atoms with Gasteiger partial charge in [0, 0.05) is 67.2 Å². The SMILES string of the molecule is Cc1cc(C(=O)NC2CCN(C(=O)O)CC2)ccc1-c1ccc(C[C@H](NC(=O)C2CCC(CNC(=O)OC(C)(C)C)CC2)C(=O)Nc2ccc3nc(-c4cccnc4)[nH]c3c2)cc1. The third-order valence-electron chi connectivity index (χ3n) is 11.8. The molecule has 5 amide bonds. The predicted octanol–water partition coefficient (Wildman–Crippen LogP) is 7.47. The quantitative estimate of drug-likeness (QED) is 0.0735. The molecular formula is C48H56N8O7. The van der Waals surface area contributed by atoms with Crippen LogP contribution in [0.1, 0.15) is 80.8 Å². The van der Waals surface area contributed by atoms with Crippen LogP contribution in [0.2, 0.25) is 0 Å². The van der Waals surface area contributed by atoms with Crippen molar-refractivity contribution in [1.29, 1.82) is 0 Å². The van der Waals surface area contributed by atoms with E-state index in [0.717, 1.165) is 51.7 Å². The minimum Gasteiger partial charge on any atom is -0.465 e. The number of ether oxygens (including phenoxy) is 1. The molecule has 2 aromatic heterocycles. The van der Waals surface area contributed by atoms with Crippen molar-refractivity contribution in [3.63, 3.8) is 0 Å². The highest BCUT2D eigenvalue weighted by Crippen LogP contribution is 2.30. The molecule has 1 aliphatic carbocycles. The van der Waals surface area contributed by atoms with Gasteiger partial charge in [0.25, 0.3) is 5.91 Å². The van der Waals surface area contributed by atoms with Crippen LogP contribution in [-0.2, 0) is 20.7 Å². The van der Waals surface area contributed by atoms with Crippen LogP contribution in [0.25, 0.3) is 33.5 Å². The summed E-state index contributed by atoms with van der Waals surface area (Å²) < 4.78 is 5.38. The highest BCUT2D eigenvalue weighted by Gasteiger charge is 2.31. The van der Waals surface area contributed by atoms with Gasteiger partial charge in [0.1, 0.15) is 17.5 Å². The number of H-pyrrole nitrogens is 1. The Labute approximate surface area is 366 Å². The average molecular weight is 857 g/mol. The van der Waals surface area contributed by atoms with Gasteiger partial charge in [-0.1, -0.05) is 30.3 Å². The van der Waals surface area contributed by atoms with Crippen molar-refractivity contribution in [3.8, 4) is 22.5 Å². The first-order chi connectivity index (χ1) is 30.2. The van der Waals surface area contributed by atoms with Crippen LogP contribution in [0.5, 0.6) is 0 Å². The molecule has 0 bridgehead atoms. The number of imidazole rings is 1. The number of nitrogens with one attached hydrogen (secondary N) is 5. The second-order valence-corrected chi connectivity index (χ2v) is 17.7. The zero-order valence-corrected chi connectivity index (χ0v) is 36.2. The number of aryl methyl sites for hydroxylation is 1. The Bertz CT molecular complexity index is 2430. The minimum absolute atomic E-state index is 0.0859. The van der Waals surface area contributed by atoms with Gasteiger partial charge in [-0.2, -0.15) is 0 Å². The summed E-state index contributed by atoms with van der Waals surface area (Å²) in [5.41, 5.74) is 6.47. The molecule has 0 radical (unpaired) electrons. The molecule has 0 unspecified atom stereocenters. The Morgan fingerprint density at radius 1 is 0.905 bits per heavy atom. The van der Waals surface area contributed by atoms with Crippen LogP contribution in [0.3, 0.4) is 0 Å². The van der Waals surface area contributed by atoms with Crippen molar-refractivity contribution in [2.45, 2.75) is 90.3 Å². The fraction of sp³-hybridized carbons (Fsp3) is 0.396. The van der Waals surface area contributed by atoms with E-state index >= 15 is 0 Å². The summed E-state index contributed by atoms with van der Waals surface area (Å²) >= 11 is 0. The summed E-state index contributed by atoms with van der Waals surface area (Å²) in [5.74, 6) is -0.114. The van der Waals surface area contributed by atoms with Crippen molar-refractivity contribution in [3.05, 3.63) is 102 Å². The number of amides is 5. The maximum atomic E-state index is 14.1. The monoisotopic (exact) mass is 856 g/mol. The molecule has 1 saturated heterocycles.